The fraction of sp³-hybridized carbons (Fsp3) is 0.417. The maximum atomic E-state index is 12.1. The SMILES string of the molecule is CCCN(CCBr)C(=O)c1cc(O)ccc1O. The molecule has 1 aromatic carbocycles. The lowest BCUT2D eigenvalue weighted by molar-refractivity contribution is 0.0763. The number of hydrogen-bond donors (Lipinski definition) is 2. The van der Waals surface area contributed by atoms with Gasteiger partial charge in [0.15, 0.2) is 0 Å². The molecule has 0 aliphatic heterocycles. The van der Waals surface area contributed by atoms with Crippen LogP contribution in [0.5, 0.6) is 11.5 Å². The average molecular weight is 302 g/mol. The largest absolute Gasteiger partial charge is 0.508 e. The number of amides is 1. The first-order valence-electron chi connectivity index (χ1n) is 5.47. The van der Waals surface area contributed by atoms with E-state index in [4.69, 9.17) is 0 Å². The van der Waals surface area contributed by atoms with E-state index in [1.165, 1.54) is 18.2 Å². The maximum absolute atomic E-state index is 12.1. The lowest BCUT2D eigenvalue weighted by Crippen LogP contribution is -2.33. The first kappa shape index (κ1) is 13.8. The molecule has 1 amide bonds. The highest BCUT2D eigenvalue weighted by Gasteiger charge is 2.18. The van der Waals surface area contributed by atoms with Gasteiger partial charge in [0.05, 0.1) is 5.56 Å². The summed E-state index contributed by atoms with van der Waals surface area (Å²) in [4.78, 5) is 13.8. The number of carbonyl (C=O) groups is 1. The van der Waals surface area contributed by atoms with Gasteiger partial charge in [-0.3, -0.25) is 4.79 Å². The van der Waals surface area contributed by atoms with E-state index in [9.17, 15) is 15.0 Å². The van der Waals surface area contributed by atoms with Crippen LogP contribution in [0, 0.1) is 0 Å². The molecule has 4 nitrogen and oxygen atoms in total. The van der Waals surface area contributed by atoms with Crippen molar-refractivity contribution >= 4 is 21.8 Å². The monoisotopic (exact) mass is 301 g/mol. The number of nitrogens with zero attached hydrogens (tertiary/aromatic N) is 1. The summed E-state index contributed by atoms with van der Waals surface area (Å²) in [6.07, 6.45) is 0.846. The van der Waals surface area contributed by atoms with Crippen molar-refractivity contribution in [2.24, 2.45) is 0 Å². The highest BCUT2D eigenvalue weighted by Crippen LogP contribution is 2.23. The molecule has 0 atom stereocenters. The fourth-order valence-electron chi connectivity index (χ4n) is 1.55. The summed E-state index contributed by atoms with van der Waals surface area (Å²) in [5.74, 6) is -0.399. The Kier molecular flexibility index (Phi) is 5.28. The third kappa shape index (κ3) is 3.63. The molecule has 5 heteroatoms. The lowest BCUT2D eigenvalue weighted by Gasteiger charge is -2.21. The molecule has 0 aromatic heterocycles. The van der Waals surface area contributed by atoms with Gasteiger partial charge in [0.1, 0.15) is 11.5 Å². The number of halogens is 1. The van der Waals surface area contributed by atoms with Gasteiger partial charge in [-0.15, -0.1) is 0 Å². The van der Waals surface area contributed by atoms with Crippen molar-refractivity contribution in [2.45, 2.75) is 13.3 Å². The predicted molar refractivity (Wildman–Crippen MR) is 69.8 cm³/mol. The van der Waals surface area contributed by atoms with Crippen molar-refractivity contribution in [1.29, 1.82) is 0 Å². The number of benzene rings is 1. The van der Waals surface area contributed by atoms with Crippen molar-refractivity contribution < 1.29 is 15.0 Å². The zero-order chi connectivity index (χ0) is 12.8. The molecular weight excluding hydrogens is 286 g/mol. The predicted octanol–water partition coefficient (Wildman–Crippen LogP) is 2.34. The summed E-state index contributed by atoms with van der Waals surface area (Å²) in [6, 6.07) is 3.95. The van der Waals surface area contributed by atoms with Crippen molar-refractivity contribution in [3.63, 3.8) is 0 Å². The minimum Gasteiger partial charge on any atom is -0.508 e. The van der Waals surface area contributed by atoms with E-state index in [1.54, 1.807) is 4.90 Å². The van der Waals surface area contributed by atoms with Crippen LogP contribution in [0.15, 0.2) is 18.2 Å². The maximum Gasteiger partial charge on any atom is 0.257 e. The standard InChI is InChI=1S/C12H16BrNO3/c1-2-6-14(7-5-13)12(17)10-8-9(15)3-4-11(10)16/h3-4,8,15-16H,2,5-7H2,1H3. The van der Waals surface area contributed by atoms with Gasteiger partial charge in [0.25, 0.3) is 5.91 Å². The molecule has 0 aliphatic carbocycles. The first-order valence-corrected chi connectivity index (χ1v) is 6.59. The minimum absolute atomic E-state index is 0.0264. The Labute approximate surface area is 109 Å². The molecular formula is C12H16BrNO3. The number of phenols is 2. The Morgan fingerprint density at radius 2 is 2.06 bits per heavy atom. The van der Waals surface area contributed by atoms with Crippen molar-refractivity contribution in [2.75, 3.05) is 18.4 Å². The van der Waals surface area contributed by atoms with Gasteiger partial charge in [-0.05, 0) is 24.6 Å². The molecule has 0 radical (unpaired) electrons. The Bertz CT molecular complexity index is 389. The Hall–Kier alpha value is -1.23. The van der Waals surface area contributed by atoms with E-state index < -0.39 is 0 Å². The van der Waals surface area contributed by atoms with E-state index in [1.807, 2.05) is 6.92 Å². The number of alkyl halides is 1. The molecule has 0 saturated carbocycles. The highest BCUT2D eigenvalue weighted by atomic mass is 79.9. The number of phenolic OH excluding ortho intramolecular Hbond substituents is 2. The number of carbonyl (C=O) groups excluding carboxylic acids is 1. The van der Waals surface area contributed by atoms with E-state index in [0.29, 0.717) is 18.4 Å². The lowest BCUT2D eigenvalue weighted by atomic mass is 10.1. The van der Waals surface area contributed by atoms with Crippen molar-refractivity contribution in [3.05, 3.63) is 23.8 Å². The van der Waals surface area contributed by atoms with Crippen LogP contribution in [-0.4, -0.2) is 39.4 Å². The number of aromatic hydroxyl groups is 2. The van der Waals surface area contributed by atoms with Gasteiger partial charge in [0.2, 0.25) is 0 Å². The van der Waals surface area contributed by atoms with Gasteiger partial charge < -0.3 is 15.1 Å². The molecule has 0 spiro atoms. The molecule has 0 fully saturated rings. The van der Waals surface area contributed by atoms with Gasteiger partial charge in [-0.25, -0.2) is 0 Å². The van der Waals surface area contributed by atoms with Crippen LogP contribution in [0.3, 0.4) is 0 Å². The number of hydrogen-bond acceptors (Lipinski definition) is 3. The second kappa shape index (κ2) is 6.49. The summed E-state index contributed by atoms with van der Waals surface area (Å²) < 4.78 is 0. The molecule has 0 aliphatic rings. The van der Waals surface area contributed by atoms with E-state index in [2.05, 4.69) is 15.9 Å². The van der Waals surface area contributed by atoms with Crippen molar-refractivity contribution in [1.82, 2.24) is 4.90 Å². The van der Waals surface area contributed by atoms with Crippen LogP contribution in [0.2, 0.25) is 0 Å². The van der Waals surface area contributed by atoms with Gasteiger partial charge in [0, 0.05) is 18.4 Å². The van der Waals surface area contributed by atoms with Crippen LogP contribution < -0.4 is 0 Å². The normalized spacial score (nSPS) is 10.2. The minimum atomic E-state index is -0.264. The Balaban J connectivity index is 2.95. The second-order valence-corrected chi connectivity index (χ2v) is 4.48. The number of rotatable bonds is 5. The smallest absolute Gasteiger partial charge is 0.257 e. The molecule has 1 rings (SSSR count). The molecule has 17 heavy (non-hydrogen) atoms. The van der Waals surface area contributed by atoms with E-state index in [0.717, 1.165) is 6.42 Å². The van der Waals surface area contributed by atoms with Crippen LogP contribution in [0.25, 0.3) is 0 Å². The third-order valence-electron chi connectivity index (χ3n) is 2.35. The molecule has 0 heterocycles. The van der Waals surface area contributed by atoms with Gasteiger partial charge in [-0.2, -0.15) is 0 Å². The van der Waals surface area contributed by atoms with Crippen LogP contribution >= 0.6 is 15.9 Å². The van der Waals surface area contributed by atoms with Crippen molar-refractivity contribution in [3.8, 4) is 11.5 Å². The molecule has 0 unspecified atom stereocenters. The molecule has 0 bridgehead atoms. The highest BCUT2D eigenvalue weighted by molar-refractivity contribution is 9.09. The molecule has 0 saturated heterocycles. The van der Waals surface area contributed by atoms with Gasteiger partial charge in [-0.1, -0.05) is 22.9 Å². The molecule has 2 N–H and O–H groups in total. The quantitative estimate of drug-likeness (QED) is 0.648. The van der Waals surface area contributed by atoms with E-state index in [-0.39, 0.29) is 23.0 Å². The summed E-state index contributed by atoms with van der Waals surface area (Å²) in [5.41, 5.74) is 0.138. The Morgan fingerprint density at radius 1 is 1.35 bits per heavy atom. The van der Waals surface area contributed by atoms with Gasteiger partial charge >= 0.3 is 0 Å². The summed E-state index contributed by atoms with van der Waals surface area (Å²) in [5, 5.41) is 19.6. The zero-order valence-corrected chi connectivity index (χ0v) is 11.3. The average Bonchev–Trinajstić information content (AvgIpc) is 2.31. The fourth-order valence-corrected chi connectivity index (χ4v) is 1.98. The molecule has 94 valence electrons. The van der Waals surface area contributed by atoms with Crippen LogP contribution in [-0.2, 0) is 0 Å². The topological polar surface area (TPSA) is 60.8 Å². The molecule has 1 aromatic rings. The second-order valence-electron chi connectivity index (χ2n) is 3.68. The summed E-state index contributed by atoms with van der Waals surface area (Å²) in [7, 11) is 0. The Morgan fingerprint density at radius 3 is 2.65 bits per heavy atom. The van der Waals surface area contributed by atoms with Crippen LogP contribution in [0.1, 0.15) is 23.7 Å². The first-order chi connectivity index (χ1) is 8.10. The third-order valence-corrected chi connectivity index (χ3v) is 2.70. The van der Waals surface area contributed by atoms with E-state index >= 15 is 0 Å². The summed E-state index contributed by atoms with van der Waals surface area (Å²) in [6.45, 7) is 3.18. The van der Waals surface area contributed by atoms with Crippen LogP contribution in [0.4, 0.5) is 0 Å². The zero-order valence-electron chi connectivity index (χ0n) is 9.69. The summed E-state index contributed by atoms with van der Waals surface area (Å²) >= 11 is 3.29.